The molecule has 2 aliphatic rings. The molecule has 0 radical (unpaired) electrons. The Hall–Kier alpha value is -1.35. The number of aryl methyl sites for hydroxylation is 1. The summed E-state index contributed by atoms with van der Waals surface area (Å²) >= 11 is 0. The first-order valence-electron chi connectivity index (χ1n) is 8.75. The summed E-state index contributed by atoms with van der Waals surface area (Å²) < 4.78 is 0. The van der Waals surface area contributed by atoms with Crippen molar-refractivity contribution in [3.05, 3.63) is 35.4 Å². The van der Waals surface area contributed by atoms with E-state index in [-0.39, 0.29) is 6.04 Å². The number of hydrogen-bond acceptors (Lipinski definition) is 2. The average Bonchev–Trinajstić information content (AvgIpc) is 2.76. The van der Waals surface area contributed by atoms with Crippen molar-refractivity contribution in [1.82, 2.24) is 9.80 Å². The van der Waals surface area contributed by atoms with E-state index < -0.39 is 0 Å². The molecule has 0 aliphatic carbocycles. The van der Waals surface area contributed by atoms with Crippen LogP contribution < -0.4 is 0 Å². The van der Waals surface area contributed by atoms with E-state index in [1.165, 1.54) is 11.1 Å². The number of likely N-dealkylation sites (tertiary alicyclic amines) is 1. The number of nitrogens with zero attached hydrogens (tertiary/aromatic N) is 2. The summed E-state index contributed by atoms with van der Waals surface area (Å²) in [6, 6.07) is 8.68. The predicted molar refractivity (Wildman–Crippen MR) is 89.6 cm³/mol. The van der Waals surface area contributed by atoms with Crippen molar-refractivity contribution in [2.24, 2.45) is 5.92 Å². The van der Waals surface area contributed by atoms with Crippen LogP contribution in [-0.2, 0) is 17.8 Å². The standard InChI is InChI=1S/C19H28N2O/c1-15-9-12-20(13-10-15)19(22)16(2)21-11-5-8-17-6-3-4-7-18(17)14-21/h3-4,6-7,15-16H,5,8-14H2,1-2H3. The van der Waals surface area contributed by atoms with Crippen LogP contribution in [0.4, 0.5) is 0 Å². The maximum Gasteiger partial charge on any atom is 0.239 e. The predicted octanol–water partition coefficient (Wildman–Crippen LogP) is 3.08. The molecule has 0 aromatic heterocycles. The van der Waals surface area contributed by atoms with Crippen LogP contribution in [0.2, 0.25) is 0 Å². The fraction of sp³-hybridized carbons (Fsp3) is 0.632. The van der Waals surface area contributed by atoms with Gasteiger partial charge in [0.15, 0.2) is 0 Å². The van der Waals surface area contributed by atoms with Crippen LogP contribution >= 0.6 is 0 Å². The van der Waals surface area contributed by atoms with Gasteiger partial charge in [-0.25, -0.2) is 0 Å². The third-order valence-electron chi connectivity index (χ3n) is 5.38. The minimum absolute atomic E-state index is 0.000405. The van der Waals surface area contributed by atoms with Gasteiger partial charge in [-0.05, 0) is 56.2 Å². The lowest BCUT2D eigenvalue weighted by Crippen LogP contribution is -2.49. The van der Waals surface area contributed by atoms with E-state index in [0.717, 1.165) is 57.8 Å². The molecule has 1 atom stereocenters. The monoisotopic (exact) mass is 300 g/mol. The first kappa shape index (κ1) is 15.5. The van der Waals surface area contributed by atoms with Crippen molar-refractivity contribution < 1.29 is 4.79 Å². The molecular formula is C19H28N2O. The molecule has 1 fully saturated rings. The fourth-order valence-corrected chi connectivity index (χ4v) is 3.71. The quantitative estimate of drug-likeness (QED) is 0.838. The van der Waals surface area contributed by atoms with E-state index in [1.54, 1.807) is 0 Å². The van der Waals surface area contributed by atoms with Crippen LogP contribution in [0.5, 0.6) is 0 Å². The molecule has 1 amide bonds. The van der Waals surface area contributed by atoms with E-state index in [1.807, 2.05) is 0 Å². The van der Waals surface area contributed by atoms with Gasteiger partial charge in [0.05, 0.1) is 6.04 Å². The van der Waals surface area contributed by atoms with Crippen LogP contribution in [0.15, 0.2) is 24.3 Å². The van der Waals surface area contributed by atoms with Gasteiger partial charge in [0.1, 0.15) is 0 Å². The molecule has 3 nitrogen and oxygen atoms in total. The highest BCUT2D eigenvalue weighted by molar-refractivity contribution is 5.81. The molecule has 0 N–H and O–H groups in total. The second kappa shape index (κ2) is 6.82. The first-order valence-corrected chi connectivity index (χ1v) is 8.75. The molecule has 1 aromatic carbocycles. The van der Waals surface area contributed by atoms with Crippen LogP contribution in [0.1, 0.15) is 44.2 Å². The lowest BCUT2D eigenvalue weighted by atomic mass is 9.98. The smallest absolute Gasteiger partial charge is 0.239 e. The molecule has 2 aliphatic heterocycles. The van der Waals surface area contributed by atoms with Gasteiger partial charge < -0.3 is 4.90 Å². The molecule has 1 aromatic rings. The van der Waals surface area contributed by atoms with E-state index in [0.29, 0.717) is 5.91 Å². The van der Waals surface area contributed by atoms with Crippen molar-refractivity contribution in [3.63, 3.8) is 0 Å². The largest absolute Gasteiger partial charge is 0.341 e. The van der Waals surface area contributed by atoms with Gasteiger partial charge in [0.25, 0.3) is 0 Å². The summed E-state index contributed by atoms with van der Waals surface area (Å²) in [5, 5.41) is 0. The molecule has 2 heterocycles. The number of hydrogen-bond donors (Lipinski definition) is 0. The highest BCUT2D eigenvalue weighted by atomic mass is 16.2. The zero-order valence-electron chi connectivity index (χ0n) is 13.9. The summed E-state index contributed by atoms with van der Waals surface area (Å²) in [6.07, 6.45) is 4.59. The second-order valence-corrected chi connectivity index (χ2v) is 7.03. The van der Waals surface area contributed by atoms with Crippen LogP contribution in [0, 0.1) is 5.92 Å². The minimum Gasteiger partial charge on any atom is -0.341 e. The molecule has 22 heavy (non-hydrogen) atoms. The summed E-state index contributed by atoms with van der Waals surface area (Å²) in [6.45, 7) is 8.19. The SMILES string of the molecule is CC1CCN(C(=O)C(C)N2CCCc3ccccc3C2)CC1. The molecule has 120 valence electrons. The fourth-order valence-electron chi connectivity index (χ4n) is 3.71. The number of carbonyl (C=O) groups is 1. The van der Waals surface area contributed by atoms with Gasteiger partial charge in [-0.3, -0.25) is 9.69 Å². The molecule has 0 saturated carbocycles. The maximum atomic E-state index is 12.8. The minimum atomic E-state index is -0.000405. The van der Waals surface area contributed by atoms with Crippen molar-refractivity contribution in [2.75, 3.05) is 19.6 Å². The van der Waals surface area contributed by atoms with Crippen LogP contribution in [-0.4, -0.2) is 41.4 Å². The van der Waals surface area contributed by atoms with Gasteiger partial charge in [0.2, 0.25) is 5.91 Å². The maximum absolute atomic E-state index is 12.8. The summed E-state index contributed by atoms with van der Waals surface area (Å²) in [5.41, 5.74) is 2.85. The number of amides is 1. The molecule has 1 unspecified atom stereocenters. The second-order valence-electron chi connectivity index (χ2n) is 7.03. The van der Waals surface area contributed by atoms with Gasteiger partial charge in [-0.1, -0.05) is 31.2 Å². The highest BCUT2D eigenvalue weighted by Gasteiger charge is 2.29. The van der Waals surface area contributed by atoms with Crippen molar-refractivity contribution in [2.45, 2.75) is 52.1 Å². The topological polar surface area (TPSA) is 23.6 Å². The molecule has 0 spiro atoms. The molecule has 3 rings (SSSR count). The zero-order chi connectivity index (χ0) is 15.5. The molecule has 0 bridgehead atoms. The Morgan fingerprint density at radius 2 is 1.82 bits per heavy atom. The van der Waals surface area contributed by atoms with Crippen LogP contribution in [0.3, 0.4) is 0 Å². The lowest BCUT2D eigenvalue weighted by molar-refractivity contribution is -0.138. The van der Waals surface area contributed by atoms with Crippen LogP contribution in [0.25, 0.3) is 0 Å². The first-order chi connectivity index (χ1) is 10.6. The Bertz CT molecular complexity index is 520. The average molecular weight is 300 g/mol. The number of benzene rings is 1. The van der Waals surface area contributed by atoms with Gasteiger partial charge >= 0.3 is 0 Å². The van der Waals surface area contributed by atoms with Gasteiger partial charge in [-0.2, -0.15) is 0 Å². The summed E-state index contributed by atoms with van der Waals surface area (Å²) in [4.78, 5) is 17.3. The van der Waals surface area contributed by atoms with Gasteiger partial charge in [0, 0.05) is 19.6 Å². The number of carbonyl (C=O) groups excluding carboxylic acids is 1. The van der Waals surface area contributed by atoms with E-state index in [4.69, 9.17) is 0 Å². The normalized spacial score (nSPS) is 22.0. The summed E-state index contributed by atoms with van der Waals surface area (Å²) in [5.74, 6) is 1.09. The summed E-state index contributed by atoms with van der Waals surface area (Å²) in [7, 11) is 0. The number of rotatable bonds is 2. The van der Waals surface area contributed by atoms with E-state index in [2.05, 4.69) is 47.9 Å². The Morgan fingerprint density at radius 1 is 1.14 bits per heavy atom. The zero-order valence-corrected chi connectivity index (χ0v) is 13.9. The molecule has 1 saturated heterocycles. The Morgan fingerprint density at radius 3 is 2.55 bits per heavy atom. The number of fused-ring (bicyclic) bond motifs is 1. The van der Waals surface area contributed by atoms with Crippen molar-refractivity contribution >= 4 is 5.91 Å². The number of piperidine rings is 1. The Balaban J connectivity index is 1.67. The van der Waals surface area contributed by atoms with Gasteiger partial charge in [-0.15, -0.1) is 0 Å². The third kappa shape index (κ3) is 3.35. The third-order valence-corrected chi connectivity index (χ3v) is 5.38. The molecule has 3 heteroatoms. The lowest BCUT2D eigenvalue weighted by Gasteiger charge is -2.35. The molecular weight excluding hydrogens is 272 g/mol. The Kier molecular flexibility index (Phi) is 4.82. The highest BCUT2D eigenvalue weighted by Crippen LogP contribution is 2.22. The van der Waals surface area contributed by atoms with Crippen molar-refractivity contribution in [1.29, 1.82) is 0 Å². The van der Waals surface area contributed by atoms with E-state index in [9.17, 15) is 4.79 Å². The Labute approximate surface area is 134 Å². The van der Waals surface area contributed by atoms with Crippen molar-refractivity contribution in [3.8, 4) is 0 Å². The van der Waals surface area contributed by atoms with E-state index >= 15 is 0 Å².